The Morgan fingerprint density at radius 2 is 1.81 bits per heavy atom. The van der Waals surface area contributed by atoms with Crippen LogP contribution in [0.1, 0.15) is 31.2 Å². The predicted molar refractivity (Wildman–Crippen MR) is 105 cm³/mol. The first-order valence-electron chi connectivity index (χ1n) is 7.91. The van der Waals surface area contributed by atoms with Gasteiger partial charge in [0.2, 0.25) is 5.12 Å². The van der Waals surface area contributed by atoms with E-state index >= 15 is 0 Å². The van der Waals surface area contributed by atoms with Gasteiger partial charge in [-0.1, -0.05) is 35.5 Å². The van der Waals surface area contributed by atoms with E-state index in [1.807, 2.05) is 0 Å². The van der Waals surface area contributed by atoms with Gasteiger partial charge in [0.05, 0.1) is 5.75 Å². The number of carbonyl (C=O) groups is 2. The van der Waals surface area contributed by atoms with Crippen molar-refractivity contribution < 1.29 is 22.8 Å². The Morgan fingerprint density at radius 3 is 2.31 bits per heavy atom. The monoisotopic (exact) mass is 442 g/mol. The summed E-state index contributed by atoms with van der Waals surface area (Å²) in [5.74, 6) is -0.478. The summed E-state index contributed by atoms with van der Waals surface area (Å²) in [5, 5.41) is -0.00294. The van der Waals surface area contributed by atoms with Crippen molar-refractivity contribution in [3.8, 4) is 0 Å². The molecule has 1 atom stereocenters. The maximum atomic E-state index is 12.9. The molecule has 0 N–H and O–H groups in total. The second-order valence-electron chi connectivity index (χ2n) is 5.92. The topological polar surface area (TPSA) is 34.1 Å². The lowest BCUT2D eigenvalue weighted by Gasteiger charge is -2.40. The normalized spacial score (nSPS) is 18.3. The minimum Gasteiger partial charge on any atom is -0.300 e. The number of carbonyl (C=O) groups excluding carboxylic acids is 2. The summed E-state index contributed by atoms with van der Waals surface area (Å²) in [6.45, 7) is 1.43. The molecule has 1 fully saturated rings. The van der Waals surface area contributed by atoms with Gasteiger partial charge in [-0.15, -0.1) is 23.5 Å². The highest BCUT2D eigenvalue weighted by Crippen LogP contribution is 2.55. The predicted octanol–water partition coefficient (Wildman–Crippen LogP) is 5.79. The van der Waals surface area contributed by atoms with Crippen LogP contribution in [0.3, 0.4) is 0 Å². The molecule has 0 spiro atoms. The lowest BCUT2D eigenvalue weighted by atomic mass is 9.90. The zero-order valence-electron chi connectivity index (χ0n) is 14.0. The third-order valence-corrected chi connectivity index (χ3v) is 8.85. The van der Waals surface area contributed by atoms with Crippen LogP contribution in [-0.2, 0) is 9.59 Å². The second-order valence-corrected chi connectivity index (χ2v) is 10.2. The van der Waals surface area contributed by atoms with Crippen LogP contribution < -0.4 is 0 Å². The molecule has 0 aliphatic carbocycles. The highest BCUT2D eigenvalue weighted by atomic mass is 35.5. The average molecular weight is 443 g/mol. The molecule has 9 heteroatoms. The van der Waals surface area contributed by atoms with Gasteiger partial charge >= 0.3 is 6.18 Å². The van der Waals surface area contributed by atoms with E-state index in [1.165, 1.54) is 30.4 Å². The SMILES string of the molecule is CC(=O)CC(c1ccc(Cl)cc1)C1(C(=O)SCC(F)(F)F)SCCCS1. The molecule has 2 nitrogen and oxygen atoms in total. The van der Waals surface area contributed by atoms with Gasteiger partial charge in [0.15, 0.2) is 0 Å². The first-order chi connectivity index (χ1) is 12.1. The molecule has 1 aromatic rings. The summed E-state index contributed by atoms with van der Waals surface area (Å²) in [4.78, 5) is 24.8. The third kappa shape index (κ3) is 5.84. The Labute approximate surface area is 168 Å². The molecular formula is C17H18ClF3O2S3. The number of Topliss-reactive ketones (excluding diaryl/α,β-unsaturated/α-hetero) is 1. The number of hydrogen-bond donors (Lipinski definition) is 0. The van der Waals surface area contributed by atoms with Gasteiger partial charge in [0.25, 0.3) is 0 Å². The number of thioether (sulfide) groups is 3. The molecule has 1 aromatic carbocycles. The number of ketones is 1. The number of hydrogen-bond acceptors (Lipinski definition) is 5. The first-order valence-corrected chi connectivity index (χ1v) is 11.2. The van der Waals surface area contributed by atoms with E-state index in [1.54, 1.807) is 24.3 Å². The zero-order valence-corrected chi connectivity index (χ0v) is 17.2. The van der Waals surface area contributed by atoms with Gasteiger partial charge in [0.1, 0.15) is 9.86 Å². The number of alkyl halides is 3. The molecule has 1 saturated heterocycles. The quantitative estimate of drug-likeness (QED) is 0.556. The van der Waals surface area contributed by atoms with Crippen LogP contribution in [0, 0.1) is 0 Å². The van der Waals surface area contributed by atoms with Crippen LogP contribution in [-0.4, -0.2) is 38.4 Å². The standard InChI is InChI=1S/C17H18ClF3O2S3/c1-11(22)9-14(12-3-5-13(18)6-4-12)17(25-7-2-8-26-17)15(23)24-10-16(19,20)21/h3-6,14H,2,7-10H2,1H3. The van der Waals surface area contributed by atoms with E-state index in [0.29, 0.717) is 28.3 Å². The Bertz CT molecular complexity index is 644. The summed E-state index contributed by atoms with van der Waals surface area (Å²) in [6.07, 6.45) is -3.44. The van der Waals surface area contributed by atoms with E-state index < -0.39 is 27.0 Å². The fourth-order valence-electron chi connectivity index (χ4n) is 2.71. The highest BCUT2D eigenvalue weighted by Gasteiger charge is 2.49. The van der Waals surface area contributed by atoms with Crippen molar-refractivity contribution in [2.45, 2.75) is 35.9 Å². The van der Waals surface area contributed by atoms with E-state index in [4.69, 9.17) is 11.6 Å². The van der Waals surface area contributed by atoms with Gasteiger partial charge < -0.3 is 4.79 Å². The van der Waals surface area contributed by atoms with E-state index in [9.17, 15) is 22.8 Å². The first kappa shape index (κ1) is 22.0. The van der Waals surface area contributed by atoms with Crippen molar-refractivity contribution in [3.63, 3.8) is 0 Å². The third-order valence-electron chi connectivity index (χ3n) is 3.80. The van der Waals surface area contributed by atoms with E-state index in [2.05, 4.69) is 0 Å². The maximum Gasteiger partial charge on any atom is 0.398 e. The summed E-state index contributed by atoms with van der Waals surface area (Å²) < 4.78 is 36.8. The Kier molecular flexibility index (Phi) is 7.83. The van der Waals surface area contributed by atoms with Crippen LogP contribution in [0.4, 0.5) is 13.2 Å². The Morgan fingerprint density at radius 1 is 1.23 bits per heavy atom. The largest absolute Gasteiger partial charge is 0.398 e. The van der Waals surface area contributed by atoms with Gasteiger partial charge in [-0.2, -0.15) is 13.2 Å². The molecule has 0 amide bonds. The van der Waals surface area contributed by atoms with Crippen molar-refractivity contribution >= 4 is 57.8 Å². The number of halogens is 4. The van der Waals surface area contributed by atoms with Crippen molar-refractivity contribution in [2.24, 2.45) is 0 Å². The molecule has 2 rings (SSSR count). The Balaban J connectivity index is 2.40. The summed E-state index contributed by atoms with van der Waals surface area (Å²) in [7, 11) is 0. The molecule has 0 radical (unpaired) electrons. The number of benzene rings is 1. The Hall–Kier alpha value is -0.310. The van der Waals surface area contributed by atoms with Gasteiger partial charge in [-0.05, 0) is 42.5 Å². The highest BCUT2D eigenvalue weighted by molar-refractivity contribution is 8.25. The van der Waals surface area contributed by atoms with Crippen LogP contribution in [0.5, 0.6) is 0 Å². The molecule has 1 unspecified atom stereocenters. The maximum absolute atomic E-state index is 12.9. The smallest absolute Gasteiger partial charge is 0.300 e. The van der Waals surface area contributed by atoms with Gasteiger partial charge in [0, 0.05) is 17.4 Å². The summed E-state index contributed by atoms with van der Waals surface area (Å²) in [6, 6.07) is 6.83. The minimum atomic E-state index is -4.41. The molecule has 0 bridgehead atoms. The minimum absolute atomic E-state index is 0.0972. The van der Waals surface area contributed by atoms with Crippen molar-refractivity contribution in [2.75, 3.05) is 17.3 Å². The molecule has 1 aliphatic rings. The van der Waals surface area contributed by atoms with Crippen molar-refractivity contribution in [1.82, 2.24) is 0 Å². The van der Waals surface area contributed by atoms with E-state index in [0.717, 1.165) is 12.0 Å². The molecular weight excluding hydrogens is 425 g/mol. The van der Waals surface area contributed by atoms with Crippen molar-refractivity contribution in [1.29, 1.82) is 0 Å². The van der Waals surface area contributed by atoms with Crippen LogP contribution in [0.2, 0.25) is 5.02 Å². The number of rotatable bonds is 6. The molecule has 144 valence electrons. The summed E-state index contributed by atoms with van der Waals surface area (Å²) in [5.41, 5.74) is 0.743. The molecule has 26 heavy (non-hydrogen) atoms. The van der Waals surface area contributed by atoms with Gasteiger partial charge in [-0.25, -0.2) is 0 Å². The summed E-state index contributed by atoms with van der Waals surface area (Å²) >= 11 is 8.95. The zero-order chi connectivity index (χ0) is 19.4. The molecule has 0 saturated carbocycles. The second kappa shape index (κ2) is 9.26. The van der Waals surface area contributed by atoms with Crippen LogP contribution in [0.25, 0.3) is 0 Å². The van der Waals surface area contributed by atoms with Crippen LogP contribution >= 0.6 is 46.9 Å². The lowest BCUT2D eigenvalue weighted by molar-refractivity contribution is -0.118. The molecule has 1 aliphatic heterocycles. The molecule has 1 heterocycles. The fourth-order valence-corrected chi connectivity index (χ4v) is 7.46. The van der Waals surface area contributed by atoms with E-state index in [-0.39, 0.29) is 12.2 Å². The van der Waals surface area contributed by atoms with Gasteiger partial charge in [-0.3, -0.25) is 4.79 Å². The van der Waals surface area contributed by atoms with Crippen molar-refractivity contribution in [3.05, 3.63) is 34.9 Å². The fraction of sp³-hybridized carbons (Fsp3) is 0.529. The van der Waals surface area contributed by atoms with Crippen LogP contribution in [0.15, 0.2) is 24.3 Å². The lowest BCUT2D eigenvalue weighted by Crippen LogP contribution is -2.41. The molecule has 0 aromatic heterocycles. The average Bonchev–Trinajstić information content (AvgIpc) is 2.58.